The van der Waals surface area contributed by atoms with Crippen LogP contribution in [0.5, 0.6) is 0 Å². The molecule has 8 bridgehead atoms. The molecule has 0 atom stereocenters. The fourth-order valence-electron chi connectivity index (χ4n) is 4.67. The van der Waals surface area contributed by atoms with Crippen LogP contribution in [-0.2, 0) is 0 Å². The van der Waals surface area contributed by atoms with E-state index < -0.39 is 23.3 Å². The molecular weight excluding hydrogens is 468 g/mol. The fraction of sp³-hybridized carbons (Fsp3) is 0. The molecule has 0 amide bonds. The van der Waals surface area contributed by atoms with Gasteiger partial charge in [-0.15, -0.1) is 0 Å². The van der Waals surface area contributed by atoms with E-state index in [1.165, 1.54) is 0 Å². The Balaban J connectivity index is 1.58. The average molecular weight is 482 g/mol. The summed E-state index contributed by atoms with van der Waals surface area (Å²) in [6.45, 7) is 0. The molecule has 3 aromatic heterocycles. The van der Waals surface area contributed by atoms with Gasteiger partial charge >= 0.3 is 0 Å². The first kappa shape index (κ1) is 20.6. The monoisotopic (exact) mass is 482 g/mol. The molecular formula is C28H14F4N4. The molecule has 0 saturated carbocycles. The first-order valence-corrected chi connectivity index (χ1v) is 11.1. The van der Waals surface area contributed by atoms with Crippen molar-refractivity contribution in [2.24, 2.45) is 0 Å². The molecule has 7 rings (SSSR count). The normalized spacial score (nSPS) is 11.9. The number of H-pyrrole nitrogens is 2. The Labute approximate surface area is 201 Å². The van der Waals surface area contributed by atoms with Crippen molar-refractivity contribution in [2.75, 3.05) is 0 Å². The van der Waals surface area contributed by atoms with Gasteiger partial charge in [-0.25, -0.2) is 27.5 Å². The second-order valence-electron chi connectivity index (χ2n) is 8.70. The van der Waals surface area contributed by atoms with Crippen molar-refractivity contribution in [1.82, 2.24) is 19.9 Å². The van der Waals surface area contributed by atoms with Gasteiger partial charge in [0.05, 0.1) is 22.8 Å². The van der Waals surface area contributed by atoms with Gasteiger partial charge in [0.25, 0.3) is 0 Å². The Morgan fingerprint density at radius 1 is 0.389 bits per heavy atom. The lowest BCUT2D eigenvalue weighted by Gasteiger charge is -2.01. The highest BCUT2D eigenvalue weighted by atomic mass is 19.2. The lowest BCUT2D eigenvalue weighted by Crippen LogP contribution is -1.86. The molecule has 2 aromatic carbocycles. The molecule has 0 aliphatic carbocycles. The minimum atomic E-state index is -0.951. The van der Waals surface area contributed by atoms with Gasteiger partial charge < -0.3 is 9.97 Å². The minimum absolute atomic E-state index is 0.478. The first-order valence-electron chi connectivity index (χ1n) is 11.1. The Kier molecular flexibility index (Phi) is 4.23. The van der Waals surface area contributed by atoms with Crippen LogP contribution >= 0.6 is 0 Å². The first-order chi connectivity index (χ1) is 17.4. The van der Waals surface area contributed by atoms with Crippen LogP contribution in [0, 0.1) is 23.3 Å². The zero-order valence-corrected chi connectivity index (χ0v) is 18.3. The lowest BCUT2D eigenvalue weighted by molar-refractivity contribution is 0.509. The van der Waals surface area contributed by atoms with E-state index in [-0.39, 0.29) is 0 Å². The number of halogens is 4. The van der Waals surface area contributed by atoms with E-state index in [4.69, 9.17) is 0 Å². The maximum Gasteiger partial charge on any atom is 0.159 e. The third-order valence-electron chi connectivity index (χ3n) is 6.34. The van der Waals surface area contributed by atoms with E-state index in [2.05, 4.69) is 19.9 Å². The number of fused-ring (bicyclic) bond motifs is 14. The summed E-state index contributed by atoms with van der Waals surface area (Å²) in [6, 6.07) is 18.8. The summed E-state index contributed by atoms with van der Waals surface area (Å²) in [7, 11) is 0. The molecule has 2 N–H and O–H groups in total. The molecule has 174 valence electrons. The Bertz CT molecular complexity index is 1640. The minimum Gasteiger partial charge on any atom is -0.355 e. The van der Waals surface area contributed by atoms with Crippen LogP contribution in [0.1, 0.15) is 0 Å². The molecule has 0 unspecified atom stereocenters. The SMILES string of the molecule is Fc1cc2c(cc1F)-c1cc3ccc(cc4nc(cc5ccc(cc-2n1)[nH]5)-c1cc(F)c(F)cc1-4)[nH]3. The molecule has 8 heteroatoms. The number of benzene rings is 2. The zero-order valence-electron chi connectivity index (χ0n) is 18.3. The number of aromatic amines is 2. The highest BCUT2D eigenvalue weighted by Gasteiger charge is 2.21. The van der Waals surface area contributed by atoms with Gasteiger partial charge in [-0.1, -0.05) is 0 Å². The predicted molar refractivity (Wildman–Crippen MR) is 130 cm³/mol. The van der Waals surface area contributed by atoms with Crippen LogP contribution in [0.15, 0.2) is 72.8 Å². The number of hydrogen-bond donors (Lipinski definition) is 2. The third-order valence-corrected chi connectivity index (χ3v) is 6.34. The maximum absolute atomic E-state index is 14.1. The van der Waals surface area contributed by atoms with Crippen LogP contribution in [0.25, 0.3) is 67.1 Å². The quantitative estimate of drug-likeness (QED) is 0.220. The van der Waals surface area contributed by atoms with Crippen molar-refractivity contribution >= 4 is 22.1 Å². The van der Waals surface area contributed by atoms with E-state index in [9.17, 15) is 17.6 Å². The summed E-state index contributed by atoms with van der Waals surface area (Å²) in [5.41, 5.74) is 6.52. The van der Waals surface area contributed by atoms with Gasteiger partial charge in [-0.05, 0) is 72.8 Å². The summed E-state index contributed by atoms with van der Waals surface area (Å²) in [4.78, 5) is 15.7. The molecule has 0 saturated heterocycles. The largest absolute Gasteiger partial charge is 0.355 e. The van der Waals surface area contributed by atoms with Crippen LogP contribution in [0.4, 0.5) is 17.6 Å². The van der Waals surface area contributed by atoms with Crippen molar-refractivity contribution in [1.29, 1.82) is 0 Å². The molecule has 0 radical (unpaired) electrons. The summed E-state index contributed by atoms with van der Waals surface area (Å²) in [5, 5.41) is 0. The molecule has 36 heavy (non-hydrogen) atoms. The highest BCUT2D eigenvalue weighted by Crippen LogP contribution is 2.39. The number of hydrogen-bond acceptors (Lipinski definition) is 2. The zero-order chi connectivity index (χ0) is 24.6. The Morgan fingerprint density at radius 3 is 0.889 bits per heavy atom. The van der Waals surface area contributed by atoms with Crippen molar-refractivity contribution in [2.45, 2.75) is 0 Å². The van der Waals surface area contributed by atoms with Gasteiger partial charge in [0.2, 0.25) is 0 Å². The van der Waals surface area contributed by atoms with Gasteiger partial charge in [0.15, 0.2) is 23.3 Å². The van der Waals surface area contributed by atoms with Crippen LogP contribution in [0.2, 0.25) is 0 Å². The van der Waals surface area contributed by atoms with Crippen LogP contribution in [0.3, 0.4) is 0 Å². The molecule has 5 aromatic rings. The standard InChI is InChI=1S/C28H14F4N4/c29-21-9-17-18(10-22(21)30)27-7-15-3-4-16(34-15)8-28-20-12-24(32)23(31)11-19(20)26(36-28)6-14-2-1-13(33-14)5-25(17)35-27/h1-12,33-34H. The molecule has 2 aliphatic heterocycles. The molecule has 0 fully saturated rings. The number of nitrogens with one attached hydrogen (secondary N) is 2. The lowest BCUT2D eigenvalue weighted by atomic mass is 10.0. The molecule has 2 aliphatic rings. The van der Waals surface area contributed by atoms with Crippen molar-refractivity contribution < 1.29 is 17.6 Å². The summed E-state index contributed by atoms with van der Waals surface area (Å²) in [6.07, 6.45) is 0. The Morgan fingerprint density at radius 2 is 0.639 bits per heavy atom. The van der Waals surface area contributed by atoms with Gasteiger partial charge in [-0.3, -0.25) is 0 Å². The van der Waals surface area contributed by atoms with Crippen molar-refractivity contribution in [3.05, 3.63) is 96.1 Å². The van der Waals surface area contributed by atoms with E-state index in [0.717, 1.165) is 24.3 Å². The second-order valence-corrected chi connectivity index (χ2v) is 8.70. The van der Waals surface area contributed by atoms with E-state index >= 15 is 0 Å². The highest BCUT2D eigenvalue weighted by molar-refractivity contribution is 5.89. The number of rotatable bonds is 0. The van der Waals surface area contributed by atoms with Gasteiger partial charge in [0.1, 0.15) is 0 Å². The van der Waals surface area contributed by atoms with E-state index in [1.54, 1.807) is 24.3 Å². The van der Waals surface area contributed by atoms with Crippen molar-refractivity contribution in [3.63, 3.8) is 0 Å². The molecule has 4 nitrogen and oxygen atoms in total. The van der Waals surface area contributed by atoms with E-state index in [0.29, 0.717) is 67.1 Å². The summed E-state index contributed by atoms with van der Waals surface area (Å²) < 4.78 is 56.4. The van der Waals surface area contributed by atoms with E-state index in [1.807, 2.05) is 24.3 Å². The number of nitrogens with zero attached hydrogens (tertiary/aromatic N) is 2. The van der Waals surface area contributed by atoms with Gasteiger partial charge in [-0.2, -0.15) is 0 Å². The summed E-state index contributed by atoms with van der Waals surface area (Å²) >= 11 is 0. The van der Waals surface area contributed by atoms with Crippen molar-refractivity contribution in [3.8, 4) is 45.0 Å². The third kappa shape index (κ3) is 3.22. The predicted octanol–water partition coefficient (Wildman–Crippen LogP) is 7.54. The molecule has 0 spiro atoms. The second kappa shape index (κ2) is 7.39. The topological polar surface area (TPSA) is 57.4 Å². The molecule has 5 heterocycles. The Hall–Kier alpha value is -4.72. The van der Waals surface area contributed by atoms with Crippen LogP contribution in [-0.4, -0.2) is 19.9 Å². The average Bonchev–Trinajstić information content (AvgIpc) is 3.61. The smallest absolute Gasteiger partial charge is 0.159 e. The fourth-order valence-corrected chi connectivity index (χ4v) is 4.67. The maximum atomic E-state index is 14.1. The van der Waals surface area contributed by atoms with Crippen LogP contribution < -0.4 is 0 Å². The van der Waals surface area contributed by atoms with Gasteiger partial charge in [0, 0.05) is 44.3 Å². The number of aromatic nitrogens is 4. The summed E-state index contributed by atoms with van der Waals surface area (Å²) in [5.74, 6) is -3.80.